The average Bonchev–Trinajstić information content (AvgIpc) is 3.98. The summed E-state index contributed by atoms with van der Waals surface area (Å²) in [4.78, 5) is 0. The first-order valence-corrected chi connectivity index (χ1v) is 24.7. The van der Waals surface area contributed by atoms with Crippen molar-refractivity contribution in [3.05, 3.63) is 0 Å². The van der Waals surface area contributed by atoms with Gasteiger partial charge in [0, 0.05) is 0 Å². The van der Waals surface area contributed by atoms with Gasteiger partial charge in [0.1, 0.15) is 165 Å². The van der Waals surface area contributed by atoms with Gasteiger partial charge in [-0.15, -0.1) is 0 Å². The van der Waals surface area contributed by atoms with E-state index in [2.05, 4.69) is 0 Å². The monoisotopic (exact) mass is 1150 g/mol. The van der Waals surface area contributed by atoms with Gasteiger partial charge in [-0.3, -0.25) is 0 Å². The molecule has 0 spiro atoms. The molecule has 7 fully saturated rings. The summed E-state index contributed by atoms with van der Waals surface area (Å²) in [6.45, 7) is -7.03. The topological polar surface area (TPSA) is 591 Å². The van der Waals surface area contributed by atoms with E-state index in [-0.39, 0.29) is 0 Å². The van der Waals surface area contributed by atoms with E-state index in [1.807, 2.05) is 0 Å². The number of rotatable bonds is 21. The molecule has 7 saturated heterocycles. The van der Waals surface area contributed by atoms with Crippen LogP contribution in [-0.2, 0) is 61.6 Å². The van der Waals surface area contributed by atoms with Crippen LogP contribution in [0.5, 0.6) is 0 Å². The zero-order valence-corrected chi connectivity index (χ0v) is 40.9. The molecular formula is C42H73NO35. The Kier molecular flexibility index (Phi) is 22.6. The number of nitrogens with two attached hydrogens (primary N) is 1. The summed E-state index contributed by atoms with van der Waals surface area (Å²) in [6, 6.07) is -1.51. The Morgan fingerprint density at radius 1 is 0.321 bits per heavy atom. The molecule has 36 heteroatoms. The first kappa shape index (κ1) is 64.1. The Morgan fingerprint density at radius 3 is 1.26 bits per heavy atom. The zero-order chi connectivity index (χ0) is 57.3. The maximum Gasteiger partial charge on any atom is 0.187 e. The summed E-state index contributed by atoms with van der Waals surface area (Å²) in [5.41, 5.74) is 5.79. The van der Waals surface area contributed by atoms with Crippen molar-refractivity contribution in [2.45, 2.75) is 215 Å². The van der Waals surface area contributed by atoms with E-state index in [1.165, 1.54) is 0 Å². The predicted molar refractivity (Wildman–Crippen MR) is 234 cm³/mol. The molecule has 0 aliphatic carbocycles. The molecule has 7 aliphatic rings. The Bertz CT molecular complexity index is 1820. The highest BCUT2D eigenvalue weighted by atomic mass is 16.8. The van der Waals surface area contributed by atoms with Crippen molar-refractivity contribution >= 4 is 0 Å². The van der Waals surface area contributed by atoms with E-state index in [0.717, 1.165) is 0 Å². The Hall–Kier alpha value is -1.44. The highest BCUT2D eigenvalue weighted by Gasteiger charge is 2.59. The summed E-state index contributed by atoms with van der Waals surface area (Å²) in [5, 5.41) is 234. The molecule has 0 amide bonds. The standard InChI is InChI=1S/C42H73NO35/c43-15-20(56)31(13(6-49)67-36(15)65)74-37-25(61)21(57)17(53)14(71-37)7-66-41-34(22(58)16(52)10(3-46)69-41)77-42-35(33(19(55)12(5-48)70-42)76-39-27(63)24(60)30(73-39)9(51)2-45)78-40-28(64)32(18(54)11(4-47)68-40)75-38-26(62)23(59)29(72-38)8(50)1-44/h8-42,44-65H,1-7,43H2/t8-,9-,10-,11-,12-,13-,14-,15-,16-,17-,18-,19-,20-,21+,22+,23-,24-,25+,26-,27-,28+,29+,30+,31-,32+,33+,34+,35+,36-,37-,38+,39+,40-,41+,42-/m1/s1. The maximum atomic E-state index is 11.8. The van der Waals surface area contributed by atoms with Crippen LogP contribution in [0.4, 0.5) is 0 Å². The van der Waals surface area contributed by atoms with Crippen LogP contribution < -0.4 is 5.73 Å². The van der Waals surface area contributed by atoms with Gasteiger partial charge in [-0.25, -0.2) is 0 Å². The van der Waals surface area contributed by atoms with E-state index >= 15 is 0 Å². The third-order valence-corrected chi connectivity index (χ3v) is 14.6. The van der Waals surface area contributed by atoms with Crippen molar-refractivity contribution in [1.82, 2.24) is 0 Å². The smallest absolute Gasteiger partial charge is 0.187 e. The molecule has 7 aliphatic heterocycles. The lowest BCUT2D eigenvalue weighted by molar-refractivity contribution is -0.407. The van der Waals surface area contributed by atoms with Gasteiger partial charge in [0.05, 0.1) is 52.3 Å². The van der Waals surface area contributed by atoms with Gasteiger partial charge in [0.15, 0.2) is 44.0 Å². The molecule has 456 valence electrons. The fourth-order valence-corrected chi connectivity index (χ4v) is 9.93. The summed E-state index contributed by atoms with van der Waals surface area (Å²) in [6.07, 6.45) is -67.3. The van der Waals surface area contributed by atoms with E-state index in [0.29, 0.717) is 0 Å². The van der Waals surface area contributed by atoms with Crippen LogP contribution in [0.15, 0.2) is 0 Å². The van der Waals surface area contributed by atoms with E-state index in [4.69, 9.17) is 67.3 Å². The first-order chi connectivity index (χ1) is 37.0. The SMILES string of the molecule is N[C@@H]1[C@@H](O)[C@H](O[C@H]2O[C@H](CO[C@H]3O[C@H](CO)[C@@H](O)[C@H](O)[C@@H]3O[C@H]3O[C@H](CO)[C@@H](O)[C@H](O[C@@H]4O[C@@H]([C@H](O)CO)[C@H](O)[C@H]4O)[C@@H]3O[C@H]3O[C@H](CO)[C@@H](O)[C@H](O[C@@H]4O[C@@H]([C@H](O)CO)[C@H](O)[C@H]4O)[C@@H]3O)[C@@H](O)[C@H](O)[C@@H]2O)[C@@H](CO)O[C@H]1O. The molecular weight excluding hydrogens is 1080 g/mol. The molecule has 0 unspecified atom stereocenters. The Morgan fingerprint density at radius 2 is 0.718 bits per heavy atom. The maximum absolute atomic E-state index is 11.8. The van der Waals surface area contributed by atoms with Crippen LogP contribution in [0.3, 0.4) is 0 Å². The van der Waals surface area contributed by atoms with Crippen molar-refractivity contribution < 1.29 is 174 Å². The molecule has 7 heterocycles. The van der Waals surface area contributed by atoms with Crippen molar-refractivity contribution in [2.75, 3.05) is 46.2 Å². The predicted octanol–water partition coefficient (Wildman–Crippen LogP) is -16.3. The molecule has 35 atom stereocenters. The number of aliphatic hydroxyl groups excluding tert-OH is 22. The van der Waals surface area contributed by atoms with Crippen LogP contribution in [0.2, 0.25) is 0 Å². The van der Waals surface area contributed by atoms with Crippen LogP contribution >= 0.6 is 0 Å². The van der Waals surface area contributed by atoms with Crippen LogP contribution in [-0.4, -0.2) is 373 Å². The number of aliphatic hydroxyl groups is 22. The summed E-state index contributed by atoms with van der Waals surface area (Å²) >= 11 is 0. The lowest BCUT2D eigenvalue weighted by Gasteiger charge is -2.50. The van der Waals surface area contributed by atoms with E-state index < -0.39 is 261 Å². The zero-order valence-electron chi connectivity index (χ0n) is 40.9. The molecule has 24 N–H and O–H groups in total. The third kappa shape index (κ3) is 13.1. The number of hydrogen-bond acceptors (Lipinski definition) is 36. The third-order valence-electron chi connectivity index (χ3n) is 14.6. The van der Waals surface area contributed by atoms with E-state index in [9.17, 15) is 112 Å². The quantitative estimate of drug-likeness (QED) is 0.0507. The summed E-state index contributed by atoms with van der Waals surface area (Å²) in [5.74, 6) is 0. The van der Waals surface area contributed by atoms with E-state index in [1.54, 1.807) is 0 Å². The lowest BCUT2D eigenvalue weighted by Crippen LogP contribution is -2.68. The number of ether oxygens (including phenoxy) is 13. The van der Waals surface area contributed by atoms with Gasteiger partial charge < -0.3 is 180 Å². The highest BCUT2D eigenvalue weighted by molar-refractivity contribution is 5.01. The second kappa shape index (κ2) is 27.5. The van der Waals surface area contributed by atoms with Gasteiger partial charge in [0.2, 0.25) is 0 Å². The summed E-state index contributed by atoms with van der Waals surface area (Å²) in [7, 11) is 0. The molecule has 0 aromatic heterocycles. The average molecular weight is 1150 g/mol. The molecule has 36 nitrogen and oxygen atoms in total. The first-order valence-electron chi connectivity index (χ1n) is 24.7. The minimum absolute atomic E-state index is 0.871. The van der Waals surface area contributed by atoms with Crippen molar-refractivity contribution in [3.63, 3.8) is 0 Å². The lowest BCUT2D eigenvalue weighted by atomic mass is 9.95. The van der Waals surface area contributed by atoms with Crippen LogP contribution in [0, 0.1) is 0 Å². The normalized spacial score (nSPS) is 52.1. The summed E-state index contributed by atoms with van der Waals surface area (Å²) < 4.78 is 74.4. The molecule has 7 rings (SSSR count). The fraction of sp³-hybridized carbons (Fsp3) is 1.00. The highest BCUT2D eigenvalue weighted by Crippen LogP contribution is 2.39. The number of hydrogen-bond donors (Lipinski definition) is 23. The molecule has 0 saturated carbocycles. The van der Waals surface area contributed by atoms with Crippen molar-refractivity contribution in [2.24, 2.45) is 5.73 Å². The molecule has 0 radical (unpaired) electrons. The molecule has 0 aromatic carbocycles. The van der Waals surface area contributed by atoms with Gasteiger partial charge in [-0.2, -0.15) is 0 Å². The van der Waals surface area contributed by atoms with Crippen LogP contribution in [0.1, 0.15) is 0 Å². The second-order valence-electron chi connectivity index (χ2n) is 19.7. The van der Waals surface area contributed by atoms with Gasteiger partial charge in [-0.05, 0) is 0 Å². The fourth-order valence-electron chi connectivity index (χ4n) is 9.93. The minimum atomic E-state index is -2.33. The van der Waals surface area contributed by atoms with Gasteiger partial charge in [0.25, 0.3) is 0 Å². The van der Waals surface area contributed by atoms with Crippen LogP contribution in [0.25, 0.3) is 0 Å². The molecule has 78 heavy (non-hydrogen) atoms. The van der Waals surface area contributed by atoms with Crippen molar-refractivity contribution in [1.29, 1.82) is 0 Å². The Balaban J connectivity index is 1.19. The molecule has 0 aromatic rings. The van der Waals surface area contributed by atoms with Gasteiger partial charge in [-0.1, -0.05) is 0 Å². The van der Waals surface area contributed by atoms with Crippen molar-refractivity contribution in [3.8, 4) is 0 Å². The minimum Gasteiger partial charge on any atom is -0.394 e. The largest absolute Gasteiger partial charge is 0.394 e. The second-order valence-corrected chi connectivity index (χ2v) is 19.7. The van der Waals surface area contributed by atoms with Gasteiger partial charge >= 0.3 is 0 Å². The Labute approximate surface area is 440 Å². The molecule has 0 bridgehead atoms.